The molecule has 1 aliphatic heterocycles. The lowest BCUT2D eigenvalue weighted by atomic mass is 10.1. The number of rotatable bonds is 7. The van der Waals surface area contributed by atoms with E-state index < -0.39 is 10.0 Å². The molecule has 0 saturated carbocycles. The number of hydrogen-bond donors (Lipinski definition) is 2. The summed E-state index contributed by atoms with van der Waals surface area (Å²) in [5.41, 5.74) is 5.11. The first kappa shape index (κ1) is 23.0. The summed E-state index contributed by atoms with van der Waals surface area (Å²) < 4.78 is 29.6. The van der Waals surface area contributed by atoms with Gasteiger partial charge in [-0.05, 0) is 45.0 Å². The van der Waals surface area contributed by atoms with Crippen molar-refractivity contribution < 1.29 is 8.42 Å². The first-order chi connectivity index (χ1) is 16.9. The number of benzene rings is 1. The van der Waals surface area contributed by atoms with Crippen LogP contribution in [0.25, 0.3) is 33.5 Å². The number of nitriles is 1. The van der Waals surface area contributed by atoms with Crippen molar-refractivity contribution in [1.82, 2.24) is 29.5 Å². The molecule has 1 fully saturated rings. The SMILES string of the molecule is CNS(=O)(=O)c1cc(-c2cnc3[nH]cc(-c4cnn(CCC#N)c4)c3n2)cc(N2CCC[C@H]2C)c1. The molecule has 35 heavy (non-hydrogen) atoms. The molecule has 0 amide bonds. The van der Waals surface area contributed by atoms with Crippen LogP contribution in [0.4, 0.5) is 5.69 Å². The Labute approximate surface area is 203 Å². The first-order valence-corrected chi connectivity index (χ1v) is 13.0. The van der Waals surface area contributed by atoms with E-state index in [2.05, 4.69) is 37.7 Å². The molecule has 1 atom stereocenters. The average molecular weight is 491 g/mol. The second-order valence-corrected chi connectivity index (χ2v) is 10.5. The lowest BCUT2D eigenvalue weighted by Crippen LogP contribution is -2.27. The summed E-state index contributed by atoms with van der Waals surface area (Å²) in [6.45, 7) is 3.55. The third-order valence-electron chi connectivity index (χ3n) is 6.43. The Hall–Kier alpha value is -3.75. The summed E-state index contributed by atoms with van der Waals surface area (Å²) in [5, 5.41) is 13.2. The lowest BCUT2D eigenvalue weighted by Gasteiger charge is -2.25. The Balaban J connectivity index is 1.60. The van der Waals surface area contributed by atoms with Gasteiger partial charge in [0.05, 0.1) is 42.0 Å². The molecule has 1 aromatic carbocycles. The summed E-state index contributed by atoms with van der Waals surface area (Å²) in [4.78, 5) is 15.0. The number of fused-ring (bicyclic) bond motifs is 1. The second-order valence-electron chi connectivity index (χ2n) is 8.66. The van der Waals surface area contributed by atoms with Crippen LogP contribution in [-0.4, -0.2) is 52.8 Å². The van der Waals surface area contributed by atoms with Crippen molar-refractivity contribution in [2.75, 3.05) is 18.5 Å². The fourth-order valence-electron chi connectivity index (χ4n) is 4.53. The zero-order chi connectivity index (χ0) is 24.6. The molecule has 1 aliphatic rings. The minimum Gasteiger partial charge on any atom is -0.369 e. The Morgan fingerprint density at radius 2 is 2.11 bits per heavy atom. The van der Waals surface area contributed by atoms with Gasteiger partial charge in [-0.2, -0.15) is 10.4 Å². The van der Waals surface area contributed by atoms with Gasteiger partial charge in [-0.3, -0.25) is 4.68 Å². The highest BCUT2D eigenvalue weighted by molar-refractivity contribution is 7.89. The summed E-state index contributed by atoms with van der Waals surface area (Å²) in [6.07, 6.45) is 9.62. The number of aryl methyl sites for hydroxylation is 1. The molecule has 11 heteroatoms. The van der Waals surface area contributed by atoms with Gasteiger partial charge in [0.1, 0.15) is 5.52 Å². The molecule has 2 N–H and O–H groups in total. The number of nitrogens with zero attached hydrogens (tertiary/aromatic N) is 6. The van der Waals surface area contributed by atoms with Crippen LogP contribution >= 0.6 is 0 Å². The standard InChI is InChI=1S/C24H26N8O2S/c1-16-5-3-8-32(16)19-9-17(10-20(11-19)35(33,34)26-2)22-14-28-24-23(30-22)21(13-27-24)18-12-29-31(15-18)7-4-6-25/h9-16,26H,3-5,7-8H2,1-2H3,(H,27,28)/t16-/m1/s1. The molecule has 1 saturated heterocycles. The van der Waals surface area contributed by atoms with Gasteiger partial charge < -0.3 is 9.88 Å². The molecule has 0 aliphatic carbocycles. The molecular formula is C24H26N8O2S. The maximum absolute atomic E-state index is 12.7. The zero-order valence-corrected chi connectivity index (χ0v) is 20.4. The smallest absolute Gasteiger partial charge is 0.240 e. The van der Waals surface area contributed by atoms with Crippen LogP contribution < -0.4 is 9.62 Å². The largest absolute Gasteiger partial charge is 0.369 e. The molecule has 0 unspecified atom stereocenters. The molecule has 0 bridgehead atoms. The number of aromatic amines is 1. The molecule has 180 valence electrons. The van der Waals surface area contributed by atoms with Gasteiger partial charge in [0.25, 0.3) is 0 Å². The lowest BCUT2D eigenvalue weighted by molar-refractivity contribution is 0.588. The number of nitrogens with one attached hydrogen (secondary N) is 2. The summed E-state index contributed by atoms with van der Waals surface area (Å²) in [7, 11) is -2.24. The Bertz CT molecular complexity index is 1530. The van der Waals surface area contributed by atoms with E-state index >= 15 is 0 Å². The van der Waals surface area contributed by atoms with Gasteiger partial charge in [0, 0.05) is 47.4 Å². The monoisotopic (exact) mass is 490 g/mol. The van der Waals surface area contributed by atoms with Crippen molar-refractivity contribution in [3.8, 4) is 28.5 Å². The number of anilines is 1. The maximum atomic E-state index is 12.7. The number of aromatic nitrogens is 5. The summed E-state index contributed by atoms with van der Waals surface area (Å²) in [6, 6.07) is 7.80. The molecule has 10 nitrogen and oxygen atoms in total. The second kappa shape index (κ2) is 9.13. The normalized spacial score (nSPS) is 16.1. The van der Waals surface area contributed by atoms with Crippen molar-refractivity contribution in [2.45, 2.75) is 43.7 Å². The van der Waals surface area contributed by atoms with Crippen LogP contribution in [0.2, 0.25) is 0 Å². The Morgan fingerprint density at radius 1 is 1.26 bits per heavy atom. The van der Waals surface area contributed by atoms with Crippen LogP contribution in [0.3, 0.4) is 0 Å². The van der Waals surface area contributed by atoms with Gasteiger partial charge in [-0.1, -0.05) is 0 Å². The van der Waals surface area contributed by atoms with Crippen LogP contribution in [0.15, 0.2) is 47.9 Å². The van der Waals surface area contributed by atoms with Crippen LogP contribution in [-0.2, 0) is 16.6 Å². The first-order valence-electron chi connectivity index (χ1n) is 11.5. The number of hydrogen-bond acceptors (Lipinski definition) is 7. The summed E-state index contributed by atoms with van der Waals surface area (Å²) >= 11 is 0. The van der Waals surface area contributed by atoms with Crippen molar-refractivity contribution in [2.24, 2.45) is 0 Å². The minimum atomic E-state index is -3.65. The Kier molecular flexibility index (Phi) is 6.00. The van der Waals surface area contributed by atoms with E-state index in [1.807, 2.05) is 18.5 Å². The Morgan fingerprint density at radius 3 is 2.86 bits per heavy atom. The third-order valence-corrected chi connectivity index (χ3v) is 7.82. The predicted octanol–water partition coefficient (Wildman–Crippen LogP) is 3.30. The van der Waals surface area contributed by atoms with Gasteiger partial charge in [-0.25, -0.2) is 23.1 Å². The van der Waals surface area contributed by atoms with E-state index in [4.69, 9.17) is 10.2 Å². The fourth-order valence-corrected chi connectivity index (χ4v) is 5.32. The highest BCUT2D eigenvalue weighted by Crippen LogP contribution is 2.33. The van der Waals surface area contributed by atoms with E-state index in [0.717, 1.165) is 36.2 Å². The molecule has 4 heterocycles. The quantitative estimate of drug-likeness (QED) is 0.406. The van der Waals surface area contributed by atoms with Crippen molar-refractivity contribution in [1.29, 1.82) is 5.26 Å². The van der Waals surface area contributed by atoms with Gasteiger partial charge >= 0.3 is 0 Å². The maximum Gasteiger partial charge on any atom is 0.240 e. The zero-order valence-electron chi connectivity index (χ0n) is 19.6. The van der Waals surface area contributed by atoms with E-state index in [1.54, 1.807) is 29.2 Å². The minimum absolute atomic E-state index is 0.196. The van der Waals surface area contributed by atoms with Crippen molar-refractivity contribution in [3.63, 3.8) is 0 Å². The van der Waals surface area contributed by atoms with Crippen molar-refractivity contribution >= 4 is 26.9 Å². The molecule has 0 radical (unpaired) electrons. The van der Waals surface area contributed by atoms with Gasteiger partial charge in [0.15, 0.2) is 5.65 Å². The highest BCUT2D eigenvalue weighted by atomic mass is 32.2. The van der Waals surface area contributed by atoms with Gasteiger partial charge in [0.2, 0.25) is 10.0 Å². The summed E-state index contributed by atoms with van der Waals surface area (Å²) in [5.74, 6) is 0. The van der Waals surface area contributed by atoms with E-state index in [1.165, 1.54) is 7.05 Å². The van der Waals surface area contributed by atoms with Crippen LogP contribution in [0, 0.1) is 11.3 Å². The molecule has 0 spiro atoms. The third kappa shape index (κ3) is 4.38. The molecular weight excluding hydrogens is 464 g/mol. The van der Waals surface area contributed by atoms with E-state index in [-0.39, 0.29) is 4.90 Å². The van der Waals surface area contributed by atoms with E-state index in [0.29, 0.717) is 41.4 Å². The predicted molar refractivity (Wildman–Crippen MR) is 133 cm³/mol. The topological polar surface area (TPSA) is 133 Å². The number of H-pyrrole nitrogens is 1. The fraction of sp³-hybridized carbons (Fsp3) is 0.333. The molecule has 5 rings (SSSR count). The average Bonchev–Trinajstić information content (AvgIpc) is 3.61. The van der Waals surface area contributed by atoms with Crippen LogP contribution in [0.1, 0.15) is 26.2 Å². The van der Waals surface area contributed by atoms with Crippen LogP contribution in [0.5, 0.6) is 0 Å². The molecule has 4 aromatic rings. The van der Waals surface area contributed by atoms with Crippen molar-refractivity contribution in [3.05, 3.63) is 43.0 Å². The van der Waals surface area contributed by atoms with E-state index in [9.17, 15) is 8.42 Å². The highest BCUT2D eigenvalue weighted by Gasteiger charge is 2.24. The number of sulfonamides is 1. The van der Waals surface area contributed by atoms with Gasteiger partial charge in [-0.15, -0.1) is 0 Å². The molecule has 3 aromatic heterocycles.